The number of Topliss-reactive ketones (excluding diaryl/α,β-unsaturated/α-hetero) is 1. The van der Waals surface area contributed by atoms with Crippen LogP contribution in [0.3, 0.4) is 0 Å². The monoisotopic (exact) mass is 352 g/mol. The maximum absolute atomic E-state index is 13.2. The number of carbonyl (C=O) groups excluding carboxylic acids is 1. The second-order valence-corrected chi connectivity index (χ2v) is 5.27. The molecule has 0 heterocycles. The zero-order valence-corrected chi connectivity index (χ0v) is 13.2. The Bertz CT molecular complexity index is 671. The van der Waals surface area contributed by atoms with Gasteiger partial charge in [0.05, 0.1) is 18.7 Å². The lowest BCUT2D eigenvalue weighted by molar-refractivity contribution is 0.0992. The van der Waals surface area contributed by atoms with Crippen LogP contribution in [0.15, 0.2) is 40.9 Å². The molecule has 0 aliphatic heterocycles. The fourth-order valence-electron chi connectivity index (χ4n) is 1.95. The molecule has 21 heavy (non-hydrogen) atoms. The molecule has 0 saturated carbocycles. The average molecular weight is 353 g/mol. The second kappa shape index (κ2) is 6.72. The van der Waals surface area contributed by atoms with Crippen LogP contribution in [0.4, 0.5) is 4.39 Å². The Morgan fingerprint density at radius 2 is 1.81 bits per heavy atom. The lowest BCUT2D eigenvalue weighted by atomic mass is 10.0. The molecule has 0 aromatic heterocycles. The zero-order valence-electron chi connectivity index (χ0n) is 11.7. The summed E-state index contributed by atoms with van der Waals surface area (Å²) in [7, 11) is 3.05. The molecule has 0 amide bonds. The molecule has 2 aromatic carbocycles. The predicted octanol–water partition coefficient (Wildman–Crippen LogP) is 4.03. The first-order valence-corrected chi connectivity index (χ1v) is 7.03. The van der Waals surface area contributed by atoms with Crippen molar-refractivity contribution in [3.05, 3.63) is 57.8 Å². The summed E-state index contributed by atoms with van der Waals surface area (Å²) in [4.78, 5) is 12.3. The van der Waals surface area contributed by atoms with Crippen molar-refractivity contribution in [2.45, 2.75) is 6.42 Å². The zero-order chi connectivity index (χ0) is 15.4. The van der Waals surface area contributed by atoms with Gasteiger partial charge in [-0.2, -0.15) is 0 Å². The molecule has 0 aliphatic rings. The van der Waals surface area contributed by atoms with Crippen LogP contribution >= 0.6 is 15.9 Å². The first kappa shape index (κ1) is 15.5. The van der Waals surface area contributed by atoms with Crippen molar-refractivity contribution in [3.8, 4) is 11.5 Å². The predicted molar refractivity (Wildman–Crippen MR) is 81.7 cm³/mol. The van der Waals surface area contributed by atoms with E-state index in [4.69, 9.17) is 9.47 Å². The Morgan fingerprint density at radius 3 is 2.43 bits per heavy atom. The highest BCUT2D eigenvalue weighted by Crippen LogP contribution is 2.28. The van der Waals surface area contributed by atoms with E-state index in [1.807, 2.05) is 0 Å². The SMILES string of the molecule is COc1ccc(C(=O)Cc2ccc(F)c(Br)c2)cc1OC. The summed E-state index contributed by atoms with van der Waals surface area (Å²) < 4.78 is 23.8. The van der Waals surface area contributed by atoms with Crippen LogP contribution in [0.25, 0.3) is 0 Å². The standard InChI is InChI=1S/C16H14BrFO3/c1-20-15-6-4-11(9-16(15)21-2)14(19)8-10-3-5-13(18)12(17)7-10/h3-7,9H,8H2,1-2H3. The third-order valence-electron chi connectivity index (χ3n) is 3.05. The first-order chi connectivity index (χ1) is 10.0. The van der Waals surface area contributed by atoms with Crippen LogP contribution < -0.4 is 9.47 Å². The van der Waals surface area contributed by atoms with E-state index in [9.17, 15) is 9.18 Å². The molecular weight excluding hydrogens is 339 g/mol. The van der Waals surface area contributed by atoms with Gasteiger partial charge in [0.2, 0.25) is 0 Å². The molecule has 0 aliphatic carbocycles. The highest BCUT2D eigenvalue weighted by Gasteiger charge is 2.12. The number of hydrogen-bond donors (Lipinski definition) is 0. The van der Waals surface area contributed by atoms with Crippen molar-refractivity contribution in [2.24, 2.45) is 0 Å². The van der Waals surface area contributed by atoms with Crippen LogP contribution in [-0.4, -0.2) is 20.0 Å². The third-order valence-corrected chi connectivity index (χ3v) is 3.66. The van der Waals surface area contributed by atoms with Crippen molar-refractivity contribution in [1.29, 1.82) is 0 Å². The second-order valence-electron chi connectivity index (χ2n) is 4.42. The van der Waals surface area contributed by atoms with Crippen molar-refractivity contribution >= 4 is 21.7 Å². The molecule has 0 radical (unpaired) electrons. The maximum atomic E-state index is 13.2. The minimum Gasteiger partial charge on any atom is -0.493 e. The van der Waals surface area contributed by atoms with Crippen LogP contribution in [0.1, 0.15) is 15.9 Å². The molecular formula is C16H14BrFO3. The van der Waals surface area contributed by atoms with Crippen LogP contribution in [-0.2, 0) is 6.42 Å². The molecule has 2 aromatic rings. The van der Waals surface area contributed by atoms with E-state index in [0.717, 1.165) is 5.56 Å². The van der Waals surface area contributed by atoms with E-state index in [2.05, 4.69) is 15.9 Å². The van der Waals surface area contributed by atoms with E-state index < -0.39 is 0 Å². The number of halogens is 2. The summed E-state index contributed by atoms with van der Waals surface area (Å²) in [5.41, 5.74) is 1.26. The lowest BCUT2D eigenvalue weighted by Gasteiger charge is -2.09. The summed E-state index contributed by atoms with van der Waals surface area (Å²) in [6.45, 7) is 0. The Labute approximate surface area is 130 Å². The Balaban J connectivity index is 2.21. The fraction of sp³-hybridized carbons (Fsp3) is 0.188. The molecule has 2 rings (SSSR count). The van der Waals surface area contributed by atoms with E-state index >= 15 is 0 Å². The van der Waals surface area contributed by atoms with Crippen molar-refractivity contribution in [2.75, 3.05) is 14.2 Å². The normalized spacial score (nSPS) is 10.3. The van der Waals surface area contributed by atoms with E-state index in [1.165, 1.54) is 20.3 Å². The van der Waals surface area contributed by atoms with Gasteiger partial charge in [0.1, 0.15) is 5.82 Å². The number of rotatable bonds is 5. The van der Waals surface area contributed by atoms with E-state index in [-0.39, 0.29) is 18.0 Å². The molecule has 0 spiro atoms. The highest BCUT2D eigenvalue weighted by atomic mass is 79.9. The number of ether oxygens (including phenoxy) is 2. The van der Waals surface area contributed by atoms with Crippen molar-refractivity contribution < 1.29 is 18.7 Å². The van der Waals surface area contributed by atoms with Crippen LogP contribution in [0.5, 0.6) is 11.5 Å². The number of ketones is 1. The first-order valence-electron chi connectivity index (χ1n) is 6.24. The Hall–Kier alpha value is -1.88. The van der Waals surface area contributed by atoms with Gasteiger partial charge in [-0.1, -0.05) is 6.07 Å². The molecule has 5 heteroatoms. The van der Waals surface area contributed by atoms with Gasteiger partial charge in [0.15, 0.2) is 17.3 Å². The fourth-order valence-corrected chi connectivity index (χ4v) is 2.37. The minimum atomic E-state index is -0.350. The molecule has 0 N–H and O–H groups in total. The smallest absolute Gasteiger partial charge is 0.167 e. The quantitative estimate of drug-likeness (QED) is 0.762. The molecule has 110 valence electrons. The molecule has 0 bridgehead atoms. The summed E-state index contributed by atoms with van der Waals surface area (Å²) in [5, 5.41) is 0. The van der Waals surface area contributed by atoms with Gasteiger partial charge in [0.25, 0.3) is 0 Å². The number of methoxy groups -OCH3 is 2. The summed E-state index contributed by atoms with van der Waals surface area (Å²) in [5.74, 6) is 0.647. The number of hydrogen-bond acceptors (Lipinski definition) is 3. The molecule has 0 fully saturated rings. The van der Waals surface area contributed by atoms with Gasteiger partial charge in [-0.15, -0.1) is 0 Å². The average Bonchev–Trinajstić information content (AvgIpc) is 2.50. The summed E-state index contributed by atoms with van der Waals surface area (Å²) >= 11 is 3.11. The van der Waals surface area contributed by atoms with E-state index in [0.29, 0.717) is 21.5 Å². The Morgan fingerprint density at radius 1 is 1.10 bits per heavy atom. The van der Waals surface area contributed by atoms with Crippen molar-refractivity contribution in [1.82, 2.24) is 0 Å². The number of benzene rings is 2. The maximum Gasteiger partial charge on any atom is 0.167 e. The topological polar surface area (TPSA) is 35.5 Å². The van der Waals surface area contributed by atoms with Gasteiger partial charge in [0, 0.05) is 12.0 Å². The minimum absolute atomic E-state index is 0.0746. The molecule has 0 unspecified atom stereocenters. The lowest BCUT2D eigenvalue weighted by Crippen LogP contribution is -2.04. The summed E-state index contributed by atoms with van der Waals surface area (Å²) in [6, 6.07) is 9.54. The van der Waals surface area contributed by atoms with Crippen LogP contribution in [0, 0.1) is 5.82 Å². The highest BCUT2D eigenvalue weighted by molar-refractivity contribution is 9.10. The van der Waals surface area contributed by atoms with E-state index in [1.54, 1.807) is 30.3 Å². The summed E-state index contributed by atoms with van der Waals surface area (Å²) in [6.07, 6.45) is 0.189. The van der Waals surface area contributed by atoms with Gasteiger partial charge < -0.3 is 9.47 Å². The van der Waals surface area contributed by atoms with Crippen LogP contribution in [0.2, 0.25) is 0 Å². The third kappa shape index (κ3) is 3.61. The van der Waals surface area contributed by atoms with Gasteiger partial charge in [-0.05, 0) is 51.8 Å². The number of carbonyl (C=O) groups is 1. The molecule has 3 nitrogen and oxygen atoms in total. The Kier molecular flexibility index (Phi) is 4.96. The molecule has 0 saturated heterocycles. The van der Waals surface area contributed by atoms with Gasteiger partial charge >= 0.3 is 0 Å². The van der Waals surface area contributed by atoms with Gasteiger partial charge in [-0.3, -0.25) is 4.79 Å². The largest absolute Gasteiger partial charge is 0.493 e. The van der Waals surface area contributed by atoms with Crippen molar-refractivity contribution in [3.63, 3.8) is 0 Å². The van der Waals surface area contributed by atoms with Gasteiger partial charge in [-0.25, -0.2) is 4.39 Å². The molecule has 0 atom stereocenters.